The van der Waals surface area contributed by atoms with Gasteiger partial charge < -0.3 is 14.7 Å². The predicted octanol–water partition coefficient (Wildman–Crippen LogP) is 4.64. The molecule has 168 valence electrons. The molecule has 1 aromatic heterocycles. The number of methoxy groups -OCH3 is 1. The van der Waals surface area contributed by atoms with Crippen LogP contribution in [0.5, 0.6) is 5.75 Å². The van der Waals surface area contributed by atoms with Gasteiger partial charge in [0.15, 0.2) is 0 Å². The molecule has 3 aromatic rings. The molecule has 1 saturated heterocycles. The van der Waals surface area contributed by atoms with E-state index < -0.39 is 17.7 Å². The molecule has 1 unspecified atom stereocenters. The molecule has 1 amide bonds. The summed E-state index contributed by atoms with van der Waals surface area (Å²) in [5, 5.41) is 11.4. The molecule has 4 rings (SSSR count). The van der Waals surface area contributed by atoms with Gasteiger partial charge in [-0.2, -0.15) is 0 Å². The van der Waals surface area contributed by atoms with Gasteiger partial charge in [0.05, 0.1) is 18.7 Å². The lowest BCUT2D eigenvalue weighted by Crippen LogP contribution is -2.29. The molecule has 2 heterocycles. The van der Waals surface area contributed by atoms with E-state index in [0.717, 1.165) is 27.8 Å². The maximum Gasteiger partial charge on any atom is 0.295 e. The SMILES string of the molecule is COc1cc(C)c(/C(O)=C2\C(=O)C(=O)N(Cc3cccnc3)C2c2cccc(C)c2)cc1C. The molecular formula is C27H26N2O4. The van der Waals surface area contributed by atoms with E-state index in [-0.39, 0.29) is 17.9 Å². The summed E-state index contributed by atoms with van der Waals surface area (Å²) in [6.45, 7) is 5.86. The fraction of sp³-hybridized carbons (Fsp3) is 0.222. The zero-order valence-corrected chi connectivity index (χ0v) is 19.1. The van der Waals surface area contributed by atoms with E-state index in [4.69, 9.17) is 4.74 Å². The van der Waals surface area contributed by atoms with Gasteiger partial charge in [-0.25, -0.2) is 0 Å². The molecule has 1 aliphatic heterocycles. The van der Waals surface area contributed by atoms with Crippen molar-refractivity contribution in [1.29, 1.82) is 0 Å². The van der Waals surface area contributed by atoms with E-state index in [9.17, 15) is 14.7 Å². The van der Waals surface area contributed by atoms with E-state index >= 15 is 0 Å². The number of aryl methyl sites for hydroxylation is 3. The zero-order chi connectivity index (χ0) is 23.7. The average Bonchev–Trinajstić information content (AvgIpc) is 3.05. The number of amides is 1. The van der Waals surface area contributed by atoms with Crippen LogP contribution in [0.25, 0.3) is 5.76 Å². The minimum Gasteiger partial charge on any atom is -0.507 e. The summed E-state index contributed by atoms with van der Waals surface area (Å²) in [6, 6.07) is 14.2. The first-order valence-electron chi connectivity index (χ1n) is 10.7. The summed E-state index contributed by atoms with van der Waals surface area (Å²) in [5.41, 5.74) is 4.72. The van der Waals surface area contributed by atoms with Gasteiger partial charge in [-0.1, -0.05) is 35.9 Å². The van der Waals surface area contributed by atoms with Crippen molar-refractivity contribution in [2.45, 2.75) is 33.4 Å². The van der Waals surface area contributed by atoms with Crippen LogP contribution in [0.1, 0.15) is 39.4 Å². The van der Waals surface area contributed by atoms with Crippen LogP contribution in [0.2, 0.25) is 0 Å². The smallest absolute Gasteiger partial charge is 0.295 e. The molecular weight excluding hydrogens is 416 g/mol. The second-order valence-electron chi connectivity index (χ2n) is 8.34. The van der Waals surface area contributed by atoms with E-state index in [1.807, 2.05) is 57.2 Å². The van der Waals surface area contributed by atoms with Gasteiger partial charge in [-0.15, -0.1) is 0 Å². The molecule has 1 fully saturated rings. The first kappa shape index (κ1) is 22.3. The Kier molecular flexibility index (Phi) is 6.01. The van der Waals surface area contributed by atoms with Crippen molar-refractivity contribution in [3.8, 4) is 5.75 Å². The van der Waals surface area contributed by atoms with Crippen LogP contribution in [0.15, 0.2) is 66.5 Å². The lowest BCUT2D eigenvalue weighted by molar-refractivity contribution is -0.140. The minimum atomic E-state index is -0.716. The highest BCUT2D eigenvalue weighted by atomic mass is 16.5. The lowest BCUT2D eigenvalue weighted by atomic mass is 9.92. The summed E-state index contributed by atoms with van der Waals surface area (Å²) >= 11 is 0. The van der Waals surface area contributed by atoms with E-state index in [2.05, 4.69) is 4.98 Å². The normalized spacial score (nSPS) is 17.5. The molecule has 0 saturated carbocycles. The second-order valence-corrected chi connectivity index (χ2v) is 8.34. The van der Waals surface area contributed by atoms with E-state index in [1.54, 1.807) is 31.6 Å². The fourth-order valence-corrected chi connectivity index (χ4v) is 4.33. The summed E-state index contributed by atoms with van der Waals surface area (Å²) < 4.78 is 5.38. The first-order valence-corrected chi connectivity index (χ1v) is 10.7. The average molecular weight is 443 g/mol. The van der Waals surface area contributed by atoms with Crippen molar-refractivity contribution in [1.82, 2.24) is 9.88 Å². The number of pyridine rings is 1. The number of hydrogen-bond acceptors (Lipinski definition) is 5. The Morgan fingerprint density at radius 3 is 2.52 bits per heavy atom. The van der Waals surface area contributed by atoms with Crippen molar-refractivity contribution < 1.29 is 19.4 Å². The zero-order valence-electron chi connectivity index (χ0n) is 19.1. The monoisotopic (exact) mass is 442 g/mol. The number of benzene rings is 2. The molecule has 33 heavy (non-hydrogen) atoms. The Hall–Kier alpha value is -3.93. The second kappa shape index (κ2) is 8.90. The number of nitrogens with zero attached hydrogens (tertiary/aromatic N) is 2. The Labute approximate surface area is 193 Å². The van der Waals surface area contributed by atoms with Gasteiger partial charge in [0, 0.05) is 24.5 Å². The topological polar surface area (TPSA) is 79.7 Å². The molecule has 1 aliphatic rings. The largest absolute Gasteiger partial charge is 0.507 e. The van der Waals surface area contributed by atoms with Crippen molar-refractivity contribution >= 4 is 17.4 Å². The number of ketones is 1. The van der Waals surface area contributed by atoms with Gasteiger partial charge >= 0.3 is 0 Å². The fourth-order valence-electron chi connectivity index (χ4n) is 4.33. The highest BCUT2D eigenvalue weighted by molar-refractivity contribution is 6.46. The number of aliphatic hydroxyl groups excluding tert-OH is 1. The summed E-state index contributed by atoms with van der Waals surface area (Å²) in [6.07, 6.45) is 3.33. The van der Waals surface area contributed by atoms with Gasteiger partial charge in [-0.3, -0.25) is 14.6 Å². The first-order chi connectivity index (χ1) is 15.8. The van der Waals surface area contributed by atoms with Crippen LogP contribution in [-0.2, 0) is 16.1 Å². The molecule has 6 heteroatoms. The van der Waals surface area contributed by atoms with Crippen LogP contribution >= 0.6 is 0 Å². The number of carbonyl (C=O) groups is 2. The third kappa shape index (κ3) is 4.12. The summed E-state index contributed by atoms with van der Waals surface area (Å²) in [5.74, 6) is -0.835. The highest BCUT2D eigenvalue weighted by Gasteiger charge is 2.46. The molecule has 6 nitrogen and oxygen atoms in total. The molecule has 1 atom stereocenters. The van der Waals surface area contributed by atoms with Crippen LogP contribution in [0.3, 0.4) is 0 Å². The maximum absolute atomic E-state index is 13.3. The van der Waals surface area contributed by atoms with Gasteiger partial charge in [0.1, 0.15) is 11.5 Å². The molecule has 0 spiro atoms. The Bertz CT molecular complexity index is 1260. The quantitative estimate of drug-likeness (QED) is 0.354. The lowest BCUT2D eigenvalue weighted by Gasteiger charge is -2.26. The molecule has 0 aliphatic carbocycles. The van der Waals surface area contributed by atoms with Crippen molar-refractivity contribution in [2.24, 2.45) is 0 Å². The van der Waals surface area contributed by atoms with Crippen LogP contribution < -0.4 is 4.74 Å². The van der Waals surface area contributed by atoms with Gasteiger partial charge in [0.2, 0.25) is 0 Å². The van der Waals surface area contributed by atoms with E-state index in [1.165, 1.54) is 4.90 Å². The Balaban J connectivity index is 1.91. The number of hydrogen-bond donors (Lipinski definition) is 1. The predicted molar refractivity (Wildman–Crippen MR) is 126 cm³/mol. The molecule has 2 aromatic carbocycles. The van der Waals surface area contributed by atoms with E-state index in [0.29, 0.717) is 11.3 Å². The third-order valence-electron chi connectivity index (χ3n) is 5.97. The highest BCUT2D eigenvalue weighted by Crippen LogP contribution is 2.41. The third-order valence-corrected chi connectivity index (χ3v) is 5.97. The Morgan fingerprint density at radius 1 is 1.06 bits per heavy atom. The number of aromatic nitrogens is 1. The number of likely N-dealkylation sites (tertiary alicyclic amines) is 1. The maximum atomic E-state index is 13.3. The number of ether oxygens (including phenoxy) is 1. The summed E-state index contributed by atoms with van der Waals surface area (Å²) in [7, 11) is 1.59. The minimum absolute atomic E-state index is 0.0853. The molecule has 0 bridgehead atoms. The van der Waals surface area contributed by atoms with Crippen LogP contribution in [0.4, 0.5) is 0 Å². The van der Waals surface area contributed by atoms with Crippen molar-refractivity contribution in [3.63, 3.8) is 0 Å². The van der Waals surface area contributed by atoms with Crippen molar-refractivity contribution in [2.75, 3.05) is 7.11 Å². The van der Waals surface area contributed by atoms with Crippen LogP contribution in [0, 0.1) is 20.8 Å². The number of rotatable bonds is 5. The molecule has 1 N–H and O–H groups in total. The molecule has 0 radical (unpaired) electrons. The number of aliphatic hydroxyl groups is 1. The van der Waals surface area contributed by atoms with Crippen molar-refractivity contribution in [3.05, 3.63) is 99.9 Å². The van der Waals surface area contributed by atoms with Gasteiger partial charge in [-0.05, 0) is 61.2 Å². The summed E-state index contributed by atoms with van der Waals surface area (Å²) in [4.78, 5) is 32.1. The Morgan fingerprint density at radius 2 is 1.85 bits per heavy atom. The number of carbonyl (C=O) groups excluding carboxylic acids is 2. The number of Topliss-reactive ketones (excluding diaryl/α,β-unsaturated/α-hetero) is 1. The standard InChI is InChI=1S/C27H26N2O4/c1-16-7-5-9-20(11-16)24-23(25(30)21-12-18(3)22(33-4)13-17(21)2)26(31)27(32)29(24)15-19-8-6-10-28-14-19/h5-14,24,30H,15H2,1-4H3/b25-23+. The van der Waals surface area contributed by atoms with Crippen LogP contribution in [-0.4, -0.2) is 33.8 Å². The van der Waals surface area contributed by atoms with Gasteiger partial charge in [0.25, 0.3) is 11.7 Å².